The van der Waals surface area contributed by atoms with Gasteiger partial charge in [-0.2, -0.15) is 0 Å². The maximum Gasteiger partial charge on any atom is 0.140 e. The van der Waals surface area contributed by atoms with Crippen LogP contribution in [0, 0.1) is 29.6 Å². The lowest BCUT2D eigenvalue weighted by atomic mass is 9.56. The van der Waals surface area contributed by atoms with E-state index in [2.05, 4.69) is 103 Å². The molecule has 5 aliphatic carbocycles. The summed E-state index contributed by atoms with van der Waals surface area (Å²) in [4.78, 5) is 5.09. The zero-order valence-electron chi connectivity index (χ0n) is 23.0. The Bertz CT molecular complexity index is 1580. The molecule has 0 saturated heterocycles. The molecule has 2 saturated carbocycles. The molecule has 0 bridgehead atoms. The Labute approximate surface area is 232 Å². The molecule has 2 nitrogen and oxygen atoms in total. The lowest BCUT2D eigenvalue weighted by molar-refractivity contribution is 0.223. The summed E-state index contributed by atoms with van der Waals surface area (Å²) in [6, 6.07) is 17.7. The van der Waals surface area contributed by atoms with Gasteiger partial charge in [-0.25, -0.2) is 4.98 Å². The van der Waals surface area contributed by atoms with Gasteiger partial charge in [0.05, 0.1) is 11.0 Å². The van der Waals surface area contributed by atoms with E-state index in [0.717, 1.165) is 23.2 Å². The first-order valence-corrected chi connectivity index (χ1v) is 15.2. The third kappa shape index (κ3) is 3.86. The van der Waals surface area contributed by atoms with Gasteiger partial charge in [0.25, 0.3) is 0 Å². The first kappa shape index (κ1) is 23.5. The first-order valence-electron chi connectivity index (χ1n) is 15.2. The number of rotatable bonds is 3. The lowest BCUT2D eigenvalue weighted by Crippen LogP contribution is -2.38. The molecule has 0 radical (unpaired) electrons. The molecule has 1 heterocycles. The van der Waals surface area contributed by atoms with Crippen molar-refractivity contribution in [2.45, 2.75) is 50.9 Å². The van der Waals surface area contributed by atoms with Gasteiger partial charge in [0, 0.05) is 24.4 Å². The number of fused-ring (bicyclic) bond motifs is 3. The molecule has 5 aliphatic rings. The van der Waals surface area contributed by atoms with E-state index in [-0.39, 0.29) is 0 Å². The number of nitrogens with zero attached hydrogens (tertiary/aromatic N) is 2. The van der Waals surface area contributed by atoms with Crippen LogP contribution in [-0.4, -0.2) is 9.55 Å². The molecule has 2 aromatic carbocycles. The van der Waals surface area contributed by atoms with Crippen molar-refractivity contribution in [3.05, 3.63) is 113 Å². The Kier molecular flexibility index (Phi) is 5.64. The van der Waals surface area contributed by atoms with E-state index in [1.54, 1.807) is 11.1 Å². The van der Waals surface area contributed by atoms with Crippen LogP contribution in [0.4, 0.5) is 0 Å². The molecular formula is C37H38N2. The highest BCUT2D eigenvalue weighted by molar-refractivity contribution is 5.81. The molecule has 196 valence electrons. The third-order valence-corrected chi connectivity index (χ3v) is 10.7. The average molecular weight is 511 g/mol. The highest BCUT2D eigenvalue weighted by Gasteiger charge is 2.44. The van der Waals surface area contributed by atoms with Crippen LogP contribution in [0.5, 0.6) is 0 Å². The minimum Gasteiger partial charge on any atom is -0.327 e. The molecule has 1 aromatic heterocycles. The summed E-state index contributed by atoms with van der Waals surface area (Å²) in [5.74, 6) is 5.22. The van der Waals surface area contributed by atoms with Crippen LogP contribution in [0.3, 0.4) is 0 Å². The second-order valence-electron chi connectivity index (χ2n) is 12.6. The van der Waals surface area contributed by atoms with Crippen LogP contribution in [0.15, 0.2) is 108 Å². The Morgan fingerprint density at radius 2 is 1.74 bits per heavy atom. The van der Waals surface area contributed by atoms with Gasteiger partial charge in [-0.3, -0.25) is 0 Å². The predicted molar refractivity (Wildman–Crippen MR) is 161 cm³/mol. The van der Waals surface area contributed by atoms with Gasteiger partial charge in [-0.05, 0) is 85.5 Å². The molecule has 8 rings (SSSR count). The Morgan fingerprint density at radius 1 is 0.872 bits per heavy atom. The van der Waals surface area contributed by atoms with E-state index >= 15 is 0 Å². The summed E-state index contributed by atoms with van der Waals surface area (Å²) in [5.41, 5.74) is 10.3. The van der Waals surface area contributed by atoms with E-state index in [9.17, 15) is 0 Å². The highest BCUT2D eigenvalue weighted by atomic mass is 15.1. The van der Waals surface area contributed by atoms with Crippen molar-refractivity contribution in [2.24, 2.45) is 36.6 Å². The minimum atomic E-state index is 0.612. The lowest BCUT2D eigenvalue weighted by Gasteiger charge is -2.48. The summed E-state index contributed by atoms with van der Waals surface area (Å²) in [7, 11) is 2.14. The maximum absolute atomic E-state index is 5.09. The van der Waals surface area contributed by atoms with Crippen molar-refractivity contribution in [1.82, 2.24) is 9.55 Å². The van der Waals surface area contributed by atoms with Gasteiger partial charge in [0.2, 0.25) is 0 Å². The Morgan fingerprint density at radius 3 is 2.67 bits per heavy atom. The number of aromatic nitrogens is 2. The molecule has 6 atom stereocenters. The summed E-state index contributed by atoms with van der Waals surface area (Å²) in [6.07, 6.45) is 26.2. The predicted octanol–water partition coefficient (Wildman–Crippen LogP) is 9.10. The van der Waals surface area contributed by atoms with Crippen LogP contribution in [0.1, 0.15) is 56.4 Å². The Hall–Kier alpha value is -3.39. The molecule has 0 amide bonds. The fourth-order valence-corrected chi connectivity index (χ4v) is 8.86. The number of allylic oxidation sites excluding steroid dienone is 10. The summed E-state index contributed by atoms with van der Waals surface area (Å²) in [5, 5.41) is 0. The molecule has 0 spiro atoms. The molecule has 0 aliphatic heterocycles. The van der Waals surface area contributed by atoms with Gasteiger partial charge in [-0.15, -0.1) is 0 Å². The smallest absolute Gasteiger partial charge is 0.140 e. The van der Waals surface area contributed by atoms with Crippen molar-refractivity contribution in [3.63, 3.8) is 0 Å². The van der Waals surface area contributed by atoms with Crippen molar-refractivity contribution >= 4 is 11.0 Å². The van der Waals surface area contributed by atoms with Crippen molar-refractivity contribution in [2.75, 3.05) is 0 Å². The number of aryl methyl sites for hydroxylation is 1. The molecule has 2 fully saturated rings. The Balaban J connectivity index is 1.09. The number of hydrogen-bond donors (Lipinski definition) is 0. The second kappa shape index (κ2) is 9.37. The van der Waals surface area contributed by atoms with Gasteiger partial charge in [0.1, 0.15) is 5.82 Å². The summed E-state index contributed by atoms with van der Waals surface area (Å²) < 4.78 is 2.25. The number of imidazole rings is 1. The molecule has 2 heteroatoms. The van der Waals surface area contributed by atoms with E-state index in [1.807, 2.05) is 5.57 Å². The molecule has 3 aromatic rings. The minimum absolute atomic E-state index is 0.612. The van der Waals surface area contributed by atoms with Gasteiger partial charge >= 0.3 is 0 Å². The zero-order chi connectivity index (χ0) is 25.9. The molecule has 39 heavy (non-hydrogen) atoms. The second-order valence-corrected chi connectivity index (χ2v) is 12.6. The highest BCUT2D eigenvalue weighted by Crippen LogP contribution is 2.56. The third-order valence-electron chi connectivity index (χ3n) is 10.7. The van der Waals surface area contributed by atoms with E-state index in [4.69, 9.17) is 4.98 Å². The quantitative estimate of drug-likeness (QED) is 0.343. The van der Waals surface area contributed by atoms with Gasteiger partial charge < -0.3 is 4.57 Å². The topological polar surface area (TPSA) is 17.8 Å². The molecule has 0 N–H and O–H groups in total. The molecule has 6 unspecified atom stereocenters. The van der Waals surface area contributed by atoms with E-state index in [1.165, 1.54) is 61.6 Å². The van der Waals surface area contributed by atoms with Crippen molar-refractivity contribution in [3.8, 4) is 11.4 Å². The SMILES string of the molecule is Cn1c(-c2ccccc2)nc2cc(C3CCCC(C4=C5C=CC=C6C7C=CC=CC7CC(CC4)C65)C3)ccc21. The van der Waals surface area contributed by atoms with Crippen LogP contribution >= 0.6 is 0 Å². The van der Waals surface area contributed by atoms with Gasteiger partial charge in [0.15, 0.2) is 0 Å². The van der Waals surface area contributed by atoms with Crippen LogP contribution in [0.25, 0.3) is 22.4 Å². The standard InChI is InChI=1S/C37H38N2/c1-39-35-20-18-26(23-34(35)38-37(39)24-9-3-2-4-10-24)25-12-7-13-28(21-25)31-19-17-29-22-27-11-5-6-14-30(27)32-15-8-16-33(31)36(29)32/h2-6,8-11,14-16,18,20,23,25,27-30,36H,7,12-13,17,19,21-22H2,1H3. The molecular weight excluding hydrogens is 472 g/mol. The monoisotopic (exact) mass is 510 g/mol. The number of hydrogen-bond acceptors (Lipinski definition) is 1. The fraction of sp³-hybridized carbons (Fsp3) is 0.378. The zero-order valence-corrected chi connectivity index (χ0v) is 23.0. The first-order chi connectivity index (χ1) is 19.2. The van der Waals surface area contributed by atoms with Crippen LogP contribution in [-0.2, 0) is 7.05 Å². The largest absolute Gasteiger partial charge is 0.327 e. The van der Waals surface area contributed by atoms with E-state index < -0.39 is 0 Å². The van der Waals surface area contributed by atoms with Crippen molar-refractivity contribution < 1.29 is 0 Å². The van der Waals surface area contributed by atoms with Gasteiger partial charge in [-0.1, -0.05) is 96.5 Å². The van der Waals surface area contributed by atoms with E-state index in [0.29, 0.717) is 23.7 Å². The van der Waals surface area contributed by atoms with Crippen LogP contribution < -0.4 is 0 Å². The normalized spacial score (nSPS) is 31.3. The maximum atomic E-state index is 5.09. The average Bonchev–Trinajstić information content (AvgIpc) is 3.33. The van der Waals surface area contributed by atoms with Crippen LogP contribution in [0.2, 0.25) is 0 Å². The number of benzene rings is 2. The summed E-state index contributed by atoms with van der Waals surface area (Å²) in [6.45, 7) is 0. The van der Waals surface area contributed by atoms with Crippen molar-refractivity contribution in [1.29, 1.82) is 0 Å². The fourth-order valence-electron chi connectivity index (χ4n) is 8.86. The summed E-state index contributed by atoms with van der Waals surface area (Å²) >= 11 is 0.